The maximum absolute atomic E-state index is 11.9. The van der Waals surface area contributed by atoms with Crippen molar-refractivity contribution in [1.29, 1.82) is 0 Å². The lowest BCUT2D eigenvalue weighted by molar-refractivity contribution is -0.128. The molecule has 1 aromatic carbocycles. The Kier molecular flexibility index (Phi) is 5.42. The van der Waals surface area contributed by atoms with E-state index in [4.69, 9.17) is 4.74 Å². The number of thiazole rings is 1. The molecule has 5 heteroatoms. The third-order valence-corrected chi connectivity index (χ3v) is 4.81. The first-order valence-corrected chi connectivity index (χ1v) is 8.52. The molecule has 0 saturated heterocycles. The van der Waals surface area contributed by atoms with E-state index in [-0.39, 0.29) is 11.3 Å². The van der Waals surface area contributed by atoms with Gasteiger partial charge >= 0.3 is 0 Å². The number of rotatable bonds is 5. The Morgan fingerprint density at radius 1 is 1.26 bits per heavy atom. The highest BCUT2D eigenvalue weighted by atomic mass is 32.1. The fraction of sp³-hybridized carbons (Fsp3) is 0.444. The van der Waals surface area contributed by atoms with Crippen LogP contribution < -0.4 is 10.1 Å². The van der Waals surface area contributed by atoms with E-state index in [9.17, 15) is 4.79 Å². The van der Waals surface area contributed by atoms with Gasteiger partial charge in [0.15, 0.2) is 0 Å². The first-order valence-electron chi connectivity index (χ1n) is 7.70. The predicted molar refractivity (Wildman–Crippen MR) is 95.0 cm³/mol. The van der Waals surface area contributed by atoms with Gasteiger partial charge in [0.05, 0.1) is 12.8 Å². The number of aromatic nitrogens is 1. The number of nitrogens with zero attached hydrogens (tertiary/aromatic N) is 1. The fourth-order valence-corrected chi connectivity index (χ4v) is 3.14. The number of carbonyl (C=O) groups is 1. The summed E-state index contributed by atoms with van der Waals surface area (Å²) in [6.07, 6.45) is 0.807. The molecule has 2 aromatic rings. The topological polar surface area (TPSA) is 51.2 Å². The van der Waals surface area contributed by atoms with E-state index >= 15 is 0 Å². The number of aryl methyl sites for hydroxylation is 1. The fourth-order valence-electron chi connectivity index (χ4n) is 2.07. The molecule has 1 aromatic heterocycles. The molecule has 1 N–H and O–H groups in total. The highest BCUT2D eigenvalue weighted by molar-refractivity contribution is 7.15. The van der Waals surface area contributed by atoms with Crippen LogP contribution in [0.4, 0.5) is 0 Å². The van der Waals surface area contributed by atoms with Gasteiger partial charge in [0, 0.05) is 28.8 Å². The standard InChI is InChI=1S/C18H24N2O2S/c1-12-15(10-11-19-17(21)18(2,3)4)23-16(20-12)13-6-8-14(22-5)9-7-13/h6-9H,10-11H2,1-5H3,(H,19,21). The van der Waals surface area contributed by atoms with Crippen molar-refractivity contribution >= 4 is 17.2 Å². The Morgan fingerprint density at radius 2 is 1.91 bits per heavy atom. The predicted octanol–water partition coefficient (Wildman–Crippen LogP) is 3.83. The molecule has 0 aliphatic rings. The van der Waals surface area contributed by atoms with Gasteiger partial charge in [-0.3, -0.25) is 4.79 Å². The van der Waals surface area contributed by atoms with Crippen LogP contribution in [0.3, 0.4) is 0 Å². The zero-order valence-electron chi connectivity index (χ0n) is 14.4. The van der Waals surface area contributed by atoms with Crippen LogP contribution in [0, 0.1) is 12.3 Å². The number of hydrogen-bond acceptors (Lipinski definition) is 4. The first-order chi connectivity index (χ1) is 10.8. The Labute approximate surface area is 141 Å². The van der Waals surface area contributed by atoms with Crippen LogP contribution >= 0.6 is 11.3 Å². The third-order valence-electron chi connectivity index (χ3n) is 3.55. The molecule has 0 aliphatic carbocycles. The SMILES string of the molecule is COc1ccc(-c2nc(C)c(CCNC(=O)C(C)(C)C)s2)cc1. The average molecular weight is 332 g/mol. The monoisotopic (exact) mass is 332 g/mol. The number of nitrogens with one attached hydrogen (secondary N) is 1. The molecule has 0 fully saturated rings. The quantitative estimate of drug-likeness (QED) is 0.905. The van der Waals surface area contributed by atoms with E-state index in [0.717, 1.165) is 28.4 Å². The molecule has 1 heterocycles. The van der Waals surface area contributed by atoms with Gasteiger partial charge in [-0.25, -0.2) is 4.98 Å². The van der Waals surface area contributed by atoms with Crippen molar-refractivity contribution in [2.75, 3.05) is 13.7 Å². The second-order valence-corrected chi connectivity index (χ2v) is 7.60. The molecule has 1 amide bonds. The van der Waals surface area contributed by atoms with Gasteiger partial charge in [0.2, 0.25) is 5.91 Å². The third kappa shape index (κ3) is 4.55. The van der Waals surface area contributed by atoms with Gasteiger partial charge in [-0.05, 0) is 31.2 Å². The molecule has 0 saturated carbocycles. The van der Waals surface area contributed by atoms with Crippen molar-refractivity contribution in [3.8, 4) is 16.3 Å². The first kappa shape index (κ1) is 17.5. The number of methoxy groups -OCH3 is 1. The van der Waals surface area contributed by atoms with Crippen LogP contribution in [0.15, 0.2) is 24.3 Å². The van der Waals surface area contributed by atoms with E-state index in [0.29, 0.717) is 6.54 Å². The number of benzene rings is 1. The molecule has 0 unspecified atom stereocenters. The van der Waals surface area contributed by atoms with Gasteiger partial charge < -0.3 is 10.1 Å². The Morgan fingerprint density at radius 3 is 2.48 bits per heavy atom. The summed E-state index contributed by atoms with van der Waals surface area (Å²) in [7, 11) is 1.66. The Balaban J connectivity index is 2.02. The molecule has 124 valence electrons. The highest BCUT2D eigenvalue weighted by Crippen LogP contribution is 2.29. The summed E-state index contributed by atoms with van der Waals surface area (Å²) in [6.45, 7) is 8.41. The van der Waals surface area contributed by atoms with Crippen molar-refractivity contribution in [3.05, 3.63) is 34.8 Å². The Hall–Kier alpha value is -1.88. The second kappa shape index (κ2) is 7.13. The molecule has 4 nitrogen and oxygen atoms in total. The molecular weight excluding hydrogens is 308 g/mol. The molecule has 0 aliphatic heterocycles. The smallest absolute Gasteiger partial charge is 0.225 e. The molecule has 23 heavy (non-hydrogen) atoms. The van der Waals surface area contributed by atoms with Crippen LogP contribution in [0.2, 0.25) is 0 Å². The Bertz CT molecular complexity index is 669. The van der Waals surface area contributed by atoms with Gasteiger partial charge in [-0.2, -0.15) is 0 Å². The minimum Gasteiger partial charge on any atom is -0.497 e. The van der Waals surface area contributed by atoms with Gasteiger partial charge in [-0.1, -0.05) is 20.8 Å². The summed E-state index contributed by atoms with van der Waals surface area (Å²) < 4.78 is 5.18. The lowest BCUT2D eigenvalue weighted by Gasteiger charge is -2.17. The summed E-state index contributed by atoms with van der Waals surface area (Å²) in [6, 6.07) is 7.91. The normalized spacial score (nSPS) is 11.3. The molecule has 0 bridgehead atoms. The van der Waals surface area contributed by atoms with Crippen molar-refractivity contribution < 1.29 is 9.53 Å². The molecule has 0 radical (unpaired) electrons. The minimum absolute atomic E-state index is 0.0787. The number of ether oxygens (including phenoxy) is 1. The van der Waals surface area contributed by atoms with E-state index in [1.165, 1.54) is 4.88 Å². The van der Waals surface area contributed by atoms with E-state index < -0.39 is 0 Å². The lowest BCUT2D eigenvalue weighted by Crippen LogP contribution is -2.35. The number of hydrogen-bond donors (Lipinski definition) is 1. The van der Waals surface area contributed by atoms with Crippen LogP contribution in [0.1, 0.15) is 31.3 Å². The van der Waals surface area contributed by atoms with E-state index in [2.05, 4.69) is 10.3 Å². The largest absolute Gasteiger partial charge is 0.497 e. The van der Waals surface area contributed by atoms with Crippen molar-refractivity contribution in [1.82, 2.24) is 10.3 Å². The van der Waals surface area contributed by atoms with Crippen LogP contribution in [-0.4, -0.2) is 24.5 Å². The summed E-state index contributed by atoms with van der Waals surface area (Å²) in [5.74, 6) is 0.919. The van der Waals surface area contributed by atoms with Gasteiger partial charge in [-0.15, -0.1) is 11.3 Å². The van der Waals surface area contributed by atoms with Crippen molar-refractivity contribution in [2.45, 2.75) is 34.1 Å². The molecule has 0 spiro atoms. The number of amides is 1. The zero-order chi connectivity index (χ0) is 17.0. The molecule has 0 atom stereocenters. The van der Waals surface area contributed by atoms with Crippen LogP contribution in [0.5, 0.6) is 5.75 Å². The second-order valence-electron chi connectivity index (χ2n) is 6.51. The van der Waals surface area contributed by atoms with E-state index in [1.807, 2.05) is 52.0 Å². The summed E-state index contributed by atoms with van der Waals surface area (Å²) >= 11 is 1.68. The van der Waals surface area contributed by atoms with Crippen LogP contribution in [-0.2, 0) is 11.2 Å². The van der Waals surface area contributed by atoms with Gasteiger partial charge in [0.25, 0.3) is 0 Å². The maximum atomic E-state index is 11.9. The zero-order valence-corrected chi connectivity index (χ0v) is 15.2. The van der Waals surface area contributed by atoms with Gasteiger partial charge in [0.1, 0.15) is 10.8 Å². The van der Waals surface area contributed by atoms with Crippen LogP contribution in [0.25, 0.3) is 10.6 Å². The average Bonchev–Trinajstić information content (AvgIpc) is 2.87. The summed E-state index contributed by atoms with van der Waals surface area (Å²) in [4.78, 5) is 17.8. The number of carbonyl (C=O) groups excluding carboxylic acids is 1. The molecule has 2 rings (SSSR count). The lowest BCUT2D eigenvalue weighted by atomic mass is 9.96. The van der Waals surface area contributed by atoms with Crippen molar-refractivity contribution in [2.24, 2.45) is 5.41 Å². The molecular formula is C18H24N2O2S. The van der Waals surface area contributed by atoms with E-state index in [1.54, 1.807) is 18.4 Å². The minimum atomic E-state index is -0.350. The maximum Gasteiger partial charge on any atom is 0.225 e. The summed E-state index contributed by atoms with van der Waals surface area (Å²) in [5.41, 5.74) is 1.77. The highest BCUT2D eigenvalue weighted by Gasteiger charge is 2.20. The van der Waals surface area contributed by atoms with Crippen molar-refractivity contribution in [3.63, 3.8) is 0 Å². The summed E-state index contributed by atoms with van der Waals surface area (Å²) in [5, 5.41) is 3.99.